The molecule has 2 aromatic carbocycles. The summed E-state index contributed by atoms with van der Waals surface area (Å²) in [4.78, 5) is 17.2. The topological polar surface area (TPSA) is 54.0 Å². The lowest BCUT2D eigenvalue weighted by Crippen LogP contribution is -2.40. The van der Waals surface area contributed by atoms with Crippen molar-refractivity contribution in [2.75, 3.05) is 5.32 Å². The van der Waals surface area contributed by atoms with Gasteiger partial charge in [-0.25, -0.2) is 4.98 Å². The molecule has 4 nitrogen and oxygen atoms in total. The van der Waals surface area contributed by atoms with Crippen LogP contribution in [0.2, 0.25) is 0 Å². The predicted molar refractivity (Wildman–Crippen MR) is 125 cm³/mol. The highest BCUT2D eigenvalue weighted by Crippen LogP contribution is 2.25. The van der Waals surface area contributed by atoms with E-state index in [4.69, 9.17) is 4.98 Å². The Hall–Kier alpha value is -2.11. The van der Waals surface area contributed by atoms with Crippen molar-refractivity contribution >= 4 is 51.0 Å². The average Bonchev–Trinajstić information content (AvgIpc) is 2.69. The largest absolute Gasteiger partial charge is 0.367 e. The number of nitrogens with zero attached hydrogens (tertiary/aromatic N) is 1. The van der Waals surface area contributed by atoms with E-state index >= 15 is 0 Å². The van der Waals surface area contributed by atoms with Crippen molar-refractivity contribution in [3.05, 3.63) is 70.2 Å². The lowest BCUT2D eigenvalue weighted by atomic mass is 9.91. The van der Waals surface area contributed by atoms with Gasteiger partial charge in [0.1, 0.15) is 5.82 Å². The van der Waals surface area contributed by atoms with Crippen LogP contribution >= 0.6 is 28.3 Å². The third-order valence-electron chi connectivity index (χ3n) is 5.42. The fraction of sp³-hybridized carbons (Fsp3) is 0.304. The summed E-state index contributed by atoms with van der Waals surface area (Å²) >= 11 is 3.42. The molecule has 1 amide bonds. The zero-order valence-corrected chi connectivity index (χ0v) is 18.7. The van der Waals surface area contributed by atoms with Crippen molar-refractivity contribution in [2.45, 2.75) is 44.7 Å². The maximum absolute atomic E-state index is 12.4. The number of benzene rings is 2. The van der Waals surface area contributed by atoms with Crippen LogP contribution in [0, 0.1) is 6.92 Å². The first-order valence-electron chi connectivity index (χ1n) is 9.78. The number of aryl methyl sites for hydroxylation is 1. The maximum Gasteiger partial charge on any atom is 0.251 e. The highest BCUT2D eigenvalue weighted by Gasteiger charge is 2.23. The Kier molecular flexibility index (Phi) is 7.14. The monoisotopic (exact) mass is 473 g/mol. The number of para-hydroxylation sites is 1. The summed E-state index contributed by atoms with van der Waals surface area (Å²) in [6, 6.07) is 18.5. The van der Waals surface area contributed by atoms with Gasteiger partial charge < -0.3 is 10.6 Å². The molecule has 3 aromatic rings. The Morgan fingerprint density at radius 2 is 1.72 bits per heavy atom. The summed E-state index contributed by atoms with van der Waals surface area (Å²) in [7, 11) is 0. The van der Waals surface area contributed by atoms with Gasteiger partial charge in [-0.05, 0) is 68.5 Å². The summed E-state index contributed by atoms with van der Waals surface area (Å²) in [6.07, 6.45) is 4.00. The van der Waals surface area contributed by atoms with E-state index in [-0.39, 0.29) is 24.4 Å². The standard InChI is InChI=1S/C23H24BrN3O.ClH/c1-15-13-22(27-21-8-3-2-7-20(15)21)25-18-9-11-19(12-10-18)26-23(28)16-5-4-6-17(24)14-16;/h2-8,13-14,18-19H,9-12H2,1H3,(H,25,27)(H,26,28);1H. The van der Waals surface area contributed by atoms with E-state index in [0.717, 1.165) is 41.5 Å². The first kappa shape index (κ1) is 21.6. The SMILES string of the molecule is Cc1cc(NC2CCC(NC(=O)c3cccc(Br)c3)CC2)nc2ccccc12.Cl. The molecule has 152 valence electrons. The van der Waals surface area contributed by atoms with Crippen molar-refractivity contribution in [1.29, 1.82) is 0 Å². The molecule has 29 heavy (non-hydrogen) atoms. The highest BCUT2D eigenvalue weighted by atomic mass is 79.9. The lowest BCUT2D eigenvalue weighted by Gasteiger charge is -2.30. The number of nitrogens with one attached hydrogen (secondary N) is 2. The summed E-state index contributed by atoms with van der Waals surface area (Å²) in [5.41, 5.74) is 2.97. The van der Waals surface area contributed by atoms with Gasteiger partial charge in [0.25, 0.3) is 5.91 Å². The van der Waals surface area contributed by atoms with E-state index in [0.29, 0.717) is 11.6 Å². The highest BCUT2D eigenvalue weighted by molar-refractivity contribution is 9.10. The van der Waals surface area contributed by atoms with E-state index in [9.17, 15) is 4.79 Å². The molecule has 1 saturated carbocycles. The molecule has 6 heteroatoms. The molecule has 1 aliphatic carbocycles. The van der Waals surface area contributed by atoms with E-state index < -0.39 is 0 Å². The van der Waals surface area contributed by atoms with Crippen LogP contribution in [-0.4, -0.2) is 23.0 Å². The van der Waals surface area contributed by atoms with Crippen LogP contribution in [0.25, 0.3) is 10.9 Å². The third kappa shape index (κ3) is 5.28. The lowest BCUT2D eigenvalue weighted by molar-refractivity contribution is 0.0926. The number of aromatic nitrogens is 1. The molecule has 0 atom stereocenters. The Labute approximate surface area is 186 Å². The van der Waals surface area contributed by atoms with Crippen LogP contribution in [0.15, 0.2) is 59.1 Å². The zero-order valence-electron chi connectivity index (χ0n) is 16.3. The van der Waals surface area contributed by atoms with Gasteiger partial charge in [-0.1, -0.05) is 40.2 Å². The number of rotatable bonds is 4. The maximum atomic E-state index is 12.4. The fourth-order valence-electron chi connectivity index (χ4n) is 3.91. The first-order valence-corrected chi connectivity index (χ1v) is 10.6. The molecule has 0 spiro atoms. The van der Waals surface area contributed by atoms with Gasteiger partial charge >= 0.3 is 0 Å². The predicted octanol–water partition coefficient (Wildman–Crippen LogP) is 5.88. The minimum Gasteiger partial charge on any atom is -0.367 e. The number of anilines is 1. The molecule has 0 radical (unpaired) electrons. The van der Waals surface area contributed by atoms with Crippen LogP contribution in [0.1, 0.15) is 41.6 Å². The van der Waals surface area contributed by atoms with Crippen LogP contribution in [0.4, 0.5) is 5.82 Å². The van der Waals surface area contributed by atoms with Crippen molar-refractivity contribution in [1.82, 2.24) is 10.3 Å². The van der Waals surface area contributed by atoms with E-state index in [1.54, 1.807) is 0 Å². The van der Waals surface area contributed by atoms with Gasteiger partial charge in [-0.3, -0.25) is 4.79 Å². The van der Waals surface area contributed by atoms with Crippen LogP contribution in [0.3, 0.4) is 0 Å². The fourth-order valence-corrected chi connectivity index (χ4v) is 4.31. The van der Waals surface area contributed by atoms with E-state index in [1.807, 2.05) is 36.4 Å². The Bertz CT molecular complexity index is 1000. The van der Waals surface area contributed by atoms with Crippen molar-refractivity contribution in [3.63, 3.8) is 0 Å². The molecule has 1 fully saturated rings. The number of hydrogen-bond donors (Lipinski definition) is 2. The van der Waals surface area contributed by atoms with E-state index in [1.165, 1.54) is 10.9 Å². The molecule has 1 heterocycles. The molecule has 0 bridgehead atoms. The Morgan fingerprint density at radius 3 is 2.48 bits per heavy atom. The molecule has 4 rings (SSSR count). The number of amides is 1. The van der Waals surface area contributed by atoms with Crippen LogP contribution < -0.4 is 10.6 Å². The molecule has 0 saturated heterocycles. The second-order valence-electron chi connectivity index (χ2n) is 7.52. The molecule has 1 aliphatic rings. The quantitative estimate of drug-likeness (QED) is 0.496. The normalized spacial score (nSPS) is 18.7. The zero-order chi connectivity index (χ0) is 19.5. The average molecular weight is 475 g/mol. The van der Waals surface area contributed by atoms with Gasteiger partial charge in [0.15, 0.2) is 0 Å². The minimum atomic E-state index is 0. The van der Waals surface area contributed by atoms with Gasteiger partial charge in [0.05, 0.1) is 5.52 Å². The van der Waals surface area contributed by atoms with Gasteiger partial charge in [-0.2, -0.15) is 0 Å². The Balaban J connectivity index is 0.00000240. The number of halogens is 2. The second-order valence-corrected chi connectivity index (χ2v) is 8.43. The molecule has 1 aromatic heterocycles. The molecular weight excluding hydrogens is 450 g/mol. The van der Waals surface area contributed by atoms with Gasteiger partial charge in [0.2, 0.25) is 0 Å². The summed E-state index contributed by atoms with van der Waals surface area (Å²) in [6.45, 7) is 2.13. The Morgan fingerprint density at radius 1 is 1.00 bits per heavy atom. The number of hydrogen-bond acceptors (Lipinski definition) is 3. The van der Waals surface area contributed by atoms with Crippen LogP contribution in [0.5, 0.6) is 0 Å². The van der Waals surface area contributed by atoms with Crippen molar-refractivity contribution < 1.29 is 4.79 Å². The third-order valence-corrected chi connectivity index (χ3v) is 5.92. The molecular formula is C23H25BrClN3O. The number of pyridine rings is 1. The first-order chi connectivity index (χ1) is 13.6. The van der Waals surface area contributed by atoms with Gasteiger partial charge in [-0.15, -0.1) is 12.4 Å². The summed E-state index contributed by atoms with van der Waals surface area (Å²) < 4.78 is 0.922. The summed E-state index contributed by atoms with van der Waals surface area (Å²) in [5.74, 6) is 0.947. The molecule has 2 N–H and O–H groups in total. The van der Waals surface area contributed by atoms with Crippen molar-refractivity contribution in [2.24, 2.45) is 0 Å². The van der Waals surface area contributed by atoms with E-state index in [2.05, 4.69) is 51.7 Å². The second kappa shape index (κ2) is 9.59. The minimum absolute atomic E-state index is 0. The van der Waals surface area contributed by atoms with Crippen LogP contribution in [-0.2, 0) is 0 Å². The molecule has 0 unspecified atom stereocenters. The number of carbonyl (C=O) groups excluding carboxylic acids is 1. The van der Waals surface area contributed by atoms with Crippen molar-refractivity contribution in [3.8, 4) is 0 Å². The van der Waals surface area contributed by atoms with Gasteiger partial charge in [0, 0.05) is 27.5 Å². The number of carbonyl (C=O) groups is 1. The summed E-state index contributed by atoms with van der Waals surface area (Å²) in [5, 5.41) is 7.97. The smallest absolute Gasteiger partial charge is 0.251 e. The number of fused-ring (bicyclic) bond motifs is 1. The molecule has 0 aliphatic heterocycles.